The third-order valence-electron chi connectivity index (χ3n) is 4.51. The molecule has 3 aromatic rings. The molecule has 1 heterocycles. The summed E-state index contributed by atoms with van der Waals surface area (Å²) in [6.45, 7) is 4.11. The fraction of sp³-hybridized carbons (Fsp3) is 0.250. The number of aromatic nitrogens is 1. The van der Waals surface area contributed by atoms with Crippen LogP contribution in [0.3, 0.4) is 0 Å². The monoisotopic (exact) mass is 425 g/mol. The number of carbonyl (C=O) groups excluding carboxylic acids is 1. The number of benzene rings is 2. The minimum Gasteiger partial charge on any atom is -0.503 e. The number of aromatic hydroxyl groups is 1. The van der Waals surface area contributed by atoms with Gasteiger partial charge in [-0.2, -0.15) is 0 Å². The number of rotatable bonds is 7. The van der Waals surface area contributed by atoms with Crippen LogP contribution in [0.2, 0.25) is 0 Å². The van der Waals surface area contributed by atoms with E-state index in [0.29, 0.717) is 5.75 Å². The predicted molar refractivity (Wildman–Crippen MR) is 119 cm³/mol. The van der Waals surface area contributed by atoms with Crippen LogP contribution in [0, 0.1) is 0 Å². The first-order valence-electron chi connectivity index (χ1n) is 9.82. The average molecular weight is 425 g/mol. The van der Waals surface area contributed by atoms with Crippen LogP contribution in [-0.2, 0) is 6.54 Å². The highest BCUT2D eigenvalue weighted by Gasteiger charge is 2.28. The Hall–Kier alpha value is -3.74. The Morgan fingerprint density at radius 3 is 2.03 bits per heavy atom. The van der Waals surface area contributed by atoms with Crippen molar-refractivity contribution in [3.05, 3.63) is 81.6 Å². The second kappa shape index (κ2) is 10.9. The van der Waals surface area contributed by atoms with Crippen molar-refractivity contribution in [2.75, 3.05) is 21.3 Å². The Bertz CT molecular complexity index is 1070. The molecule has 0 unspecified atom stereocenters. The van der Waals surface area contributed by atoms with Gasteiger partial charge in [0.1, 0.15) is 11.3 Å². The van der Waals surface area contributed by atoms with Crippen molar-refractivity contribution in [1.82, 2.24) is 4.57 Å². The standard InChI is InChI=1S/C22H21NO6.C2H6/c1-27-16-11-9-14(10-12-16)13-23-21(26)17(18(24)15-7-5-4-6-8-15)19(25)20(28-2)22(23)29-3;1-2/h4-12,25H,13H2,1-3H3;1-2H3. The van der Waals surface area contributed by atoms with Gasteiger partial charge >= 0.3 is 0 Å². The Kier molecular flexibility index (Phi) is 8.25. The van der Waals surface area contributed by atoms with E-state index in [-0.39, 0.29) is 29.3 Å². The third kappa shape index (κ3) is 4.88. The lowest BCUT2D eigenvalue weighted by Gasteiger charge is -2.18. The molecular weight excluding hydrogens is 398 g/mol. The smallest absolute Gasteiger partial charge is 0.268 e. The third-order valence-corrected chi connectivity index (χ3v) is 4.51. The molecule has 0 saturated carbocycles. The number of pyridine rings is 1. The normalized spacial score (nSPS) is 9.97. The van der Waals surface area contributed by atoms with E-state index in [0.717, 1.165) is 5.56 Å². The first kappa shape index (κ1) is 23.5. The van der Waals surface area contributed by atoms with Crippen LogP contribution in [0.15, 0.2) is 59.4 Å². The Balaban J connectivity index is 0.00000166. The Morgan fingerprint density at radius 1 is 0.903 bits per heavy atom. The van der Waals surface area contributed by atoms with E-state index >= 15 is 0 Å². The van der Waals surface area contributed by atoms with E-state index in [1.165, 1.54) is 18.8 Å². The number of hydrogen-bond acceptors (Lipinski definition) is 6. The van der Waals surface area contributed by atoms with Crippen molar-refractivity contribution in [3.8, 4) is 23.1 Å². The summed E-state index contributed by atoms with van der Waals surface area (Å²) in [4.78, 5) is 26.2. The predicted octanol–water partition coefficient (Wildman–Crippen LogP) is 3.89. The highest BCUT2D eigenvalue weighted by molar-refractivity contribution is 6.11. The van der Waals surface area contributed by atoms with Gasteiger partial charge in [0, 0.05) is 5.56 Å². The number of nitrogens with zero attached hydrogens (tertiary/aromatic N) is 1. The van der Waals surface area contributed by atoms with Gasteiger partial charge in [0.05, 0.1) is 27.9 Å². The summed E-state index contributed by atoms with van der Waals surface area (Å²) in [7, 11) is 4.26. The van der Waals surface area contributed by atoms with Gasteiger partial charge in [-0.25, -0.2) is 0 Å². The molecule has 7 nitrogen and oxygen atoms in total. The molecule has 2 aromatic carbocycles. The molecule has 3 rings (SSSR count). The minimum atomic E-state index is -0.676. The molecule has 0 fully saturated rings. The SMILES string of the molecule is CC.COc1ccc(Cn2c(OC)c(OC)c(O)c(C(=O)c3ccccc3)c2=O)cc1. The Morgan fingerprint density at radius 2 is 1.52 bits per heavy atom. The van der Waals surface area contributed by atoms with Gasteiger partial charge in [-0.3, -0.25) is 14.2 Å². The van der Waals surface area contributed by atoms with E-state index in [4.69, 9.17) is 14.2 Å². The lowest BCUT2D eigenvalue weighted by molar-refractivity contribution is 0.103. The maximum absolute atomic E-state index is 13.2. The second-order valence-electron chi connectivity index (χ2n) is 6.20. The minimum absolute atomic E-state index is 0.0235. The largest absolute Gasteiger partial charge is 0.503 e. The number of ether oxygens (including phenoxy) is 3. The lowest BCUT2D eigenvalue weighted by atomic mass is 10.0. The topological polar surface area (TPSA) is 87.0 Å². The van der Waals surface area contributed by atoms with Crippen LogP contribution in [0.5, 0.6) is 23.1 Å². The van der Waals surface area contributed by atoms with Crippen LogP contribution < -0.4 is 19.8 Å². The molecule has 1 N–H and O–H groups in total. The molecule has 0 bridgehead atoms. The number of methoxy groups -OCH3 is 3. The summed E-state index contributed by atoms with van der Waals surface area (Å²) in [5.74, 6) is -0.529. The first-order valence-corrected chi connectivity index (χ1v) is 9.82. The molecular formula is C24H27NO6. The van der Waals surface area contributed by atoms with Crippen LogP contribution in [-0.4, -0.2) is 36.8 Å². The zero-order chi connectivity index (χ0) is 23.0. The highest BCUT2D eigenvalue weighted by atomic mass is 16.5. The van der Waals surface area contributed by atoms with Gasteiger partial charge in [0.2, 0.25) is 17.4 Å². The summed E-state index contributed by atoms with van der Waals surface area (Å²) in [6.07, 6.45) is 0. The van der Waals surface area contributed by atoms with Gasteiger partial charge in [0.25, 0.3) is 5.56 Å². The molecule has 0 aliphatic heterocycles. The lowest BCUT2D eigenvalue weighted by Crippen LogP contribution is -2.29. The molecule has 1 aromatic heterocycles. The summed E-state index contributed by atoms with van der Waals surface area (Å²) >= 11 is 0. The fourth-order valence-electron chi connectivity index (χ4n) is 3.05. The van der Waals surface area contributed by atoms with Gasteiger partial charge in [-0.15, -0.1) is 0 Å². The zero-order valence-electron chi connectivity index (χ0n) is 18.3. The van der Waals surface area contributed by atoms with Gasteiger partial charge in [0.15, 0.2) is 5.75 Å². The van der Waals surface area contributed by atoms with Crippen LogP contribution in [0.1, 0.15) is 35.3 Å². The molecule has 31 heavy (non-hydrogen) atoms. The molecule has 0 atom stereocenters. The van der Waals surface area contributed by atoms with Gasteiger partial charge < -0.3 is 19.3 Å². The summed E-state index contributed by atoms with van der Waals surface area (Å²) < 4.78 is 17.0. The van der Waals surface area contributed by atoms with Crippen molar-refractivity contribution < 1.29 is 24.1 Å². The van der Waals surface area contributed by atoms with E-state index in [1.807, 2.05) is 13.8 Å². The maximum Gasteiger partial charge on any atom is 0.268 e. The number of carbonyl (C=O) groups is 1. The summed E-state index contributed by atoms with van der Waals surface area (Å²) in [5.41, 5.74) is 0.00681. The van der Waals surface area contributed by atoms with Crippen molar-refractivity contribution in [2.45, 2.75) is 20.4 Å². The number of hydrogen-bond donors (Lipinski definition) is 1. The summed E-state index contributed by atoms with van der Waals surface area (Å²) in [6, 6.07) is 15.4. The molecule has 0 aliphatic rings. The van der Waals surface area contributed by atoms with Crippen LogP contribution in [0.25, 0.3) is 0 Å². The zero-order valence-corrected chi connectivity index (χ0v) is 18.3. The van der Waals surface area contributed by atoms with E-state index in [1.54, 1.807) is 61.7 Å². The molecule has 0 saturated heterocycles. The van der Waals surface area contributed by atoms with Crippen molar-refractivity contribution in [3.63, 3.8) is 0 Å². The molecule has 0 amide bonds. The van der Waals surface area contributed by atoms with E-state index < -0.39 is 17.1 Å². The highest BCUT2D eigenvalue weighted by Crippen LogP contribution is 2.38. The average Bonchev–Trinajstić information content (AvgIpc) is 2.82. The van der Waals surface area contributed by atoms with Crippen molar-refractivity contribution in [1.29, 1.82) is 0 Å². The molecule has 0 aliphatic carbocycles. The Labute approximate surface area is 181 Å². The maximum atomic E-state index is 13.2. The van der Waals surface area contributed by atoms with E-state index in [9.17, 15) is 14.7 Å². The first-order chi connectivity index (χ1) is 15.0. The molecule has 7 heteroatoms. The molecule has 0 radical (unpaired) electrons. The second-order valence-corrected chi connectivity index (χ2v) is 6.20. The van der Waals surface area contributed by atoms with Gasteiger partial charge in [-0.05, 0) is 17.7 Å². The van der Waals surface area contributed by atoms with Crippen LogP contribution >= 0.6 is 0 Å². The molecule has 164 valence electrons. The van der Waals surface area contributed by atoms with Crippen molar-refractivity contribution in [2.24, 2.45) is 0 Å². The van der Waals surface area contributed by atoms with Gasteiger partial charge in [-0.1, -0.05) is 56.3 Å². The van der Waals surface area contributed by atoms with E-state index in [2.05, 4.69) is 0 Å². The summed E-state index contributed by atoms with van der Waals surface area (Å²) in [5, 5.41) is 10.6. The molecule has 0 spiro atoms. The van der Waals surface area contributed by atoms with Crippen molar-refractivity contribution >= 4 is 5.78 Å². The fourth-order valence-corrected chi connectivity index (χ4v) is 3.05. The number of ketones is 1. The quantitative estimate of drug-likeness (QED) is 0.578. The van der Waals surface area contributed by atoms with Crippen LogP contribution in [0.4, 0.5) is 0 Å².